The summed E-state index contributed by atoms with van der Waals surface area (Å²) < 4.78 is 3.19. The minimum absolute atomic E-state index is 0.469. The van der Waals surface area contributed by atoms with Crippen LogP contribution in [0.4, 0.5) is 5.82 Å². The molecular formula is C25H24N6S. The largest absolute Gasteiger partial charge is 0.382 e. The lowest BCUT2D eigenvalue weighted by molar-refractivity contribution is 0.448. The highest BCUT2D eigenvalue weighted by atomic mass is 32.1. The maximum Gasteiger partial charge on any atom is 0.151 e. The molecule has 1 aliphatic rings. The summed E-state index contributed by atoms with van der Waals surface area (Å²) in [5.74, 6) is 0.987. The first-order valence-corrected chi connectivity index (χ1v) is 11.8. The Labute approximate surface area is 190 Å². The molecule has 6 rings (SSSR count). The molecule has 1 saturated heterocycles. The summed E-state index contributed by atoms with van der Waals surface area (Å²) in [7, 11) is 0. The summed E-state index contributed by atoms with van der Waals surface area (Å²) in [6.07, 6.45) is 4.61. The standard InChI is InChI=1S/C25H24N6S/c26-25-24-19(14-21(31(24)29-15-28-25)17-8-10-27-11-9-17)18-6-7-20-22(13-18)32-23(30-20)12-16-4-2-1-3-5-16/h1-7,13-15,17,27H,8-12H2,(H2,26,28,29). The zero-order valence-electron chi connectivity index (χ0n) is 17.7. The molecule has 6 nitrogen and oxygen atoms in total. The van der Waals surface area contributed by atoms with Gasteiger partial charge in [-0.3, -0.25) is 0 Å². The van der Waals surface area contributed by atoms with Gasteiger partial charge in [0.1, 0.15) is 11.8 Å². The zero-order chi connectivity index (χ0) is 21.5. The minimum Gasteiger partial charge on any atom is -0.382 e. The fourth-order valence-corrected chi connectivity index (χ4v) is 5.75. The summed E-state index contributed by atoms with van der Waals surface area (Å²) >= 11 is 1.76. The summed E-state index contributed by atoms with van der Waals surface area (Å²) in [5, 5.41) is 9.15. The number of benzene rings is 2. The number of hydrogen-bond acceptors (Lipinski definition) is 6. The number of aromatic nitrogens is 4. The third-order valence-corrected chi connectivity index (χ3v) is 7.33. The summed E-state index contributed by atoms with van der Waals surface area (Å²) in [6, 6.07) is 19.2. The molecule has 7 heteroatoms. The molecule has 2 aromatic carbocycles. The predicted octanol–water partition coefficient (Wildman–Crippen LogP) is 4.65. The fraction of sp³-hybridized carbons (Fsp3) is 0.240. The van der Waals surface area contributed by atoms with Crippen molar-refractivity contribution >= 4 is 32.9 Å². The van der Waals surface area contributed by atoms with Crippen molar-refractivity contribution in [3.8, 4) is 11.1 Å². The van der Waals surface area contributed by atoms with E-state index in [-0.39, 0.29) is 0 Å². The molecule has 160 valence electrons. The Hall–Kier alpha value is -3.29. The van der Waals surface area contributed by atoms with Gasteiger partial charge in [-0.2, -0.15) is 5.10 Å². The molecule has 0 spiro atoms. The van der Waals surface area contributed by atoms with Gasteiger partial charge in [0.25, 0.3) is 0 Å². The molecule has 0 unspecified atom stereocenters. The normalized spacial score (nSPS) is 15.0. The van der Waals surface area contributed by atoms with Crippen molar-refractivity contribution in [3.63, 3.8) is 0 Å². The Morgan fingerprint density at radius 3 is 2.75 bits per heavy atom. The average molecular weight is 441 g/mol. The van der Waals surface area contributed by atoms with Crippen LogP contribution in [0.25, 0.3) is 26.9 Å². The molecule has 1 fully saturated rings. The molecule has 0 bridgehead atoms. The Balaban J connectivity index is 1.43. The van der Waals surface area contributed by atoms with Crippen LogP contribution in [0, 0.1) is 0 Å². The minimum atomic E-state index is 0.469. The lowest BCUT2D eigenvalue weighted by Crippen LogP contribution is -2.27. The number of nitrogen functional groups attached to an aromatic ring is 1. The monoisotopic (exact) mass is 440 g/mol. The van der Waals surface area contributed by atoms with Gasteiger partial charge in [-0.1, -0.05) is 36.4 Å². The molecular weight excluding hydrogens is 416 g/mol. The van der Waals surface area contributed by atoms with Gasteiger partial charge in [-0.15, -0.1) is 11.3 Å². The SMILES string of the molecule is Nc1ncnn2c(C3CCNCC3)cc(-c3ccc4nc(Cc5ccccc5)sc4c3)c12. The van der Waals surface area contributed by atoms with Gasteiger partial charge in [0, 0.05) is 23.6 Å². The van der Waals surface area contributed by atoms with Crippen LogP contribution in [0.5, 0.6) is 0 Å². The molecule has 0 amide bonds. The van der Waals surface area contributed by atoms with Gasteiger partial charge in [-0.05, 0) is 55.3 Å². The van der Waals surface area contributed by atoms with Gasteiger partial charge < -0.3 is 11.1 Å². The van der Waals surface area contributed by atoms with Gasteiger partial charge >= 0.3 is 0 Å². The molecule has 5 aromatic rings. The van der Waals surface area contributed by atoms with Crippen LogP contribution in [0.15, 0.2) is 60.9 Å². The summed E-state index contributed by atoms with van der Waals surface area (Å²) in [4.78, 5) is 9.15. The van der Waals surface area contributed by atoms with Crippen LogP contribution in [-0.4, -0.2) is 32.7 Å². The highest BCUT2D eigenvalue weighted by Crippen LogP contribution is 2.37. The quantitative estimate of drug-likeness (QED) is 0.425. The molecule has 0 aliphatic carbocycles. The van der Waals surface area contributed by atoms with Gasteiger partial charge in [0.15, 0.2) is 5.82 Å². The maximum absolute atomic E-state index is 6.35. The van der Waals surface area contributed by atoms with Crippen LogP contribution in [0.3, 0.4) is 0 Å². The zero-order valence-corrected chi connectivity index (χ0v) is 18.5. The van der Waals surface area contributed by atoms with Gasteiger partial charge in [-0.25, -0.2) is 14.5 Å². The molecule has 4 heterocycles. The molecule has 0 radical (unpaired) electrons. The Morgan fingerprint density at radius 2 is 1.91 bits per heavy atom. The van der Waals surface area contributed by atoms with E-state index in [1.54, 1.807) is 17.7 Å². The van der Waals surface area contributed by atoms with E-state index in [2.05, 4.69) is 63.9 Å². The highest BCUT2D eigenvalue weighted by Gasteiger charge is 2.23. The summed E-state index contributed by atoms with van der Waals surface area (Å²) in [6.45, 7) is 2.07. The predicted molar refractivity (Wildman–Crippen MR) is 130 cm³/mol. The van der Waals surface area contributed by atoms with Gasteiger partial charge in [0.05, 0.1) is 15.2 Å². The van der Waals surface area contributed by atoms with Crippen molar-refractivity contribution in [2.45, 2.75) is 25.2 Å². The second kappa shape index (κ2) is 8.00. The van der Waals surface area contributed by atoms with Crippen molar-refractivity contribution in [2.75, 3.05) is 18.8 Å². The molecule has 3 aromatic heterocycles. The molecule has 1 aliphatic heterocycles. The first-order valence-electron chi connectivity index (χ1n) is 11.0. The smallest absolute Gasteiger partial charge is 0.151 e. The third-order valence-electron chi connectivity index (χ3n) is 6.31. The first-order chi connectivity index (χ1) is 15.8. The maximum atomic E-state index is 6.35. The van der Waals surface area contributed by atoms with Gasteiger partial charge in [0.2, 0.25) is 0 Å². The second-order valence-electron chi connectivity index (χ2n) is 8.37. The number of piperidine rings is 1. The molecule has 0 saturated carbocycles. The van der Waals surface area contributed by atoms with Crippen molar-refractivity contribution in [3.05, 3.63) is 77.2 Å². The lowest BCUT2D eigenvalue weighted by Gasteiger charge is -2.22. The topological polar surface area (TPSA) is 81.1 Å². The number of thiazole rings is 1. The second-order valence-corrected chi connectivity index (χ2v) is 9.48. The van der Waals surface area contributed by atoms with E-state index >= 15 is 0 Å². The van der Waals surface area contributed by atoms with Crippen LogP contribution in [0.2, 0.25) is 0 Å². The van der Waals surface area contributed by atoms with Crippen LogP contribution >= 0.6 is 11.3 Å². The molecule has 3 N–H and O–H groups in total. The fourth-order valence-electron chi connectivity index (χ4n) is 4.71. The molecule has 0 atom stereocenters. The van der Waals surface area contributed by atoms with Crippen LogP contribution in [-0.2, 0) is 6.42 Å². The first kappa shape index (κ1) is 19.4. The van der Waals surface area contributed by atoms with E-state index in [4.69, 9.17) is 10.7 Å². The van der Waals surface area contributed by atoms with E-state index in [9.17, 15) is 0 Å². The number of nitrogens with one attached hydrogen (secondary N) is 1. The number of nitrogens with zero attached hydrogens (tertiary/aromatic N) is 4. The summed E-state index contributed by atoms with van der Waals surface area (Å²) in [5.41, 5.74) is 13.0. The van der Waals surface area contributed by atoms with Crippen molar-refractivity contribution in [2.24, 2.45) is 0 Å². The Kier molecular flexibility index (Phi) is 4.85. The van der Waals surface area contributed by atoms with E-state index in [1.807, 2.05) is 10.6 Å². The van der Waals surface area contributed by atoms with Crippen molar-refractivity contribution < 1.29 is 0 Å². The number of fused-ring (bicyclic) bond motifs is 2. The Bertz CT molecular complexity index is 1400. The number of rotatable bonds is 4. The van der Waals surface area contributed by atoms with E-state index in [0.717, 1.165) is 59.5 Å². The van der Waals surface area contributed by atoms with Crippen molar-refractivity contribution in [1.82, 2.24) is 24.9 Å². The van der Waals surface area contributed by atoms with E-state index in [0.29, 0.717) is 11.7 Å². The average Bonchev–Trinajstić information content (AvgIpc) is 3.41. The highest BCUT2D eigenvalue weighted by molar-refractivity contribution is 7.18. The number of hydrogen-bond donors (Lipinski definition) is 2. The Morgan fingerprint density at radius 1 is 1.06 bits per heavy atom. The molecule has 32 heavy (non-hydrogen) atoms. The lowest BCUT2D eigenvalue weighted by atomic mass is 9.94. The van der Waals surface area contributed by atoms with Crippen LogP contribution < -0.4 is 11.1 Å². The number of anilines is 1. The van der Waals surface area contributed by atoms with E-state index in [1.165, 1.54) is 16.0 Å². The van der Waals surface area contributed by atoms with Crippen molar-refractivity contribution in [1.29, 1.82) is 0 Å². The van der Waals surface area contributed by atoms with E-state index < -0.39 is 0 Å². The third kappa shape index (κ3) is 3.43. The number of nitrogens with two attached hydrogens (primary N) is 1. The van der Waals surface area contributed by atoms with Crippen LogP contribution in [0.1, 0.15) is 35.0 Å².